The number of rotatable bonds is 5. The van der Waals surface area contributed by atoms with Gasteiger partial charge in [-0.05, 0) is 12.1 Å². The molecule has 30 heavy (non-hydrogen) atoms. The quantitative estimate of drug-likeness (QED) is 0.695. The van der Waals surface area contributed by atoms with E-state index < -0.39 is 41.9 Å². The molecule has 1 saturated heterocycles. The van der Waals surface area contributed by atoms with E-state index in [-0.39, 0.29) is 37.6 Å². The molecule has 3 rings (SSSR count). The van der Waals surface area contributed by atoms with Gasteiger partial charge < -0.3 is 20.1 Å². The van der Waals surface area contributed by atoms with E-state index in [4.69, 9.17) is 9.84 Å². The first-order valence-electron chi connectivity index (χ1n) is 8.84. The molecule has 2 aromatic rings. The van der Waals surface area contributed by atoms with Crippen LogP contribution in [0.25, 0.3) is 0 Å². The highest BCUT2D eigenvalue weighted by atomic mass is 19.4. The fraction of sp³-hybridized carbons (Fsp3) is 0.389. The van der Waals surface area contributed by atoms with Gasteiger partial charge in [0, 0.05) is 38.1 Å². The first kappa shape index (κ1) is 21.5. The Hall–Kier alpha value is -3.18. The molecule has 2 N–H and O–H groups in total. The maximum atomic E-state index is 14.7. The van der Waals surface area contributed by atoms with Crippen molar-refractivity contribution in [1.82, 2.24) is 15.3 Å². The molecule has 1 amide bonds. The van der Waals surface area contributed by atoms with Crippen LogP contribution in [0.1, 0.15) is 18.5 Å². The summed E-state index contributed by atoms with van der Waals surface area (Å²) in [7, 11) is 0. The van der Waals surface area contributed by atoms with E-state index >= 15 is 0 Å². The zero-order chi connectivity index (χ0) is 21.9. The SMILES string of the molecule is O=C(O)NCC1(F)CCN(c2nc(Oc3cccc(F)c3)cc(C(F)(F)F)n2)CC1. The maximum absolute atomic E-state index is 14.7. The van der Waals surface area contributed by atoms with Crippen molar-refractivity contribution in [2.45, 2.75) is 24.7 Å². The molecule has 1 fully saturated rings. The number of piperidine rings is 1. The number of carboxylic acid groups (broad SMARTS) is 1. The maximum Gasteiger partial charge on any atom is 0.433 e. The summed E-state index contributed by atoms with van der Waals surface area (Å²) in [5.74, 6) is -1.44. The second-order valence-electron chi connectivity index (χ2n) is 6.75. The van der Waals surface area contributed by atoms with Crippen molar-refractivity contribution in [3.8, 4) is 11.6 Å². The molecule has 0 unspecified atom stereocenters. The van der Waals surface area contributed by atoms with Gasteiger partial charge in [0.15, 0.2) is 5.69 Å². The summed E-state index contributed by atoms with van der Waals surface area (Å²) in [4.78, 5) is 19.4. The Balaban J connectivity index is 1.81. The predicted octanol–water partition coefficient (Wildman–Crippen LogP) is 4.00. The summed E-state index contributed by atoms with van der Waals surface area (Å²) in [5, 5.41) is 10.6. The van der Waals surface area contributed by atoms with Crippen LogP contribution in [-0.2, 0) is 6.18 Å². The number of carbonyl (C=O) groups is 1. The van der Waals surface area contributed by atoms with Gasteiger partial charge in [0.25, 0.3) is 0 Å². The molecule has 0 saturated carbocycles. The molecule has 1 aromatic carbocycles. The Kier molecular flexibility index (Phi) is 5.94. The van der Waals surface area contributed by atoms with E-state index in [9.17, 15) is 26.7 Å². The summed E-state index contributed by atoms with van der Waals surface area (Å²) in [6, 6.07) is 5.41. The number of alkyl halides is 4. The summed E-state index contributed by atoms with van der Waals surface area (Å²) in [6.07, 6.45) is -6.42. The Morgan fingerprint density at radius 1 is 1.23 bits per heavy atom. The molecule has 12 heteroatoms. The van der Waals surface area contributed by atoms with Crippen LogP contribution in [0.15, 0.2) is 30.3 Å². The average molecular weight is 432 g/mol. The number of hydrogen-bond donors (Lipinski definition) is 2. The molecular formula is C18H17F5N4O3. The molecule has 0 spiro atoms. The number of aromatic nitrogens is 2. The fourth-order valence-electron chi connectivity index (χ4n) is 2.92. The molecule has 7 nitrogen and oxygen atoms in total. The first-order valence-corrected chi connectivity index (χ1v) is 8.84. The second kappa shape index (κ2) is 8.28. The topological polar surface area (TPSA) is 87.6 Å². The molecule has 1 aliphatic rings. The summed E-state index contributed by atoms with van der Waals surface area (Å²) < 4.78 is 73.0. The van der Waals surface area contributed by atoms with Gasteiger partial charge in [-0.25, -0.2) is 18.6 Å². The van der Waals surface area contributed by atoms with Crippen LogP contribution in [0.3, 0.4) is 0 Å². The van der Waals surface area contributed by atoms with Crippen molar-refractivity contribution in [2.75, 3.05) is 24.5 Å². The van der Waals surface area contributed by atoms with Crippen molar-refractivity contribution in [1.29, 1.82) is 0 Å². The normalized spacial score (nSPS) is 16.2. The van der Waals surface area contributed by atoms with E-state index in [1.807, 2.05) is 5.32 Å². The third-order valence-electron chi connectivity index (χ3n) is 4.50. The van der Waals surface area contributed by atoms with Crippen LogP contribution in [0.5, 0.6) is 11.6 Å². The number of anilines is 1. The molecule has 162 valence electrons. The number of nitrogens with one attached hydrogen (secondary N) is 1. The zero-order valence-corrected chi connectivity index (χ0v) is 15.4. The van der Waals surface area contributed by atoms with Crippen LogP contribution in [0.2, 0.25) is 0 Å². The molecule has 1 aromatic heterocycles. The average Bonchev–Trinajstić information content (AvgIpc) is 2.66. The molecule has 0 radical (unpaired) electrons. The third kappa shape index (κ3) is 5.45. The minimum Gasteiger partial charge on any atom is -0.465 e. The van der Waals surface area contributed by atoms with Crippen LogP contribution >= 0.6 is 0 Å². The molecule has 2 heterocycles. The van der Waals surface area contributed by atoms with E-state index in [1.165, 1.54) is 17.0 Å². The minimum atomic E-state index is -4.79. The van der Waals surface area contributed by atoms with Gasteiger partial charge in [0.2, 0.25) is 11.8 Å². The van der Waals surface area contributed by atoms with Crippen LogP contribution in [-0.4, -0.2) is 46.5 Å². The van der Waals surface area contributed by atoms with Crippen molar-refractivity contribution in [3.05, 3.63) is 41.8 Å². The van der Waals surface area contributed by atoms with Gasteiger partial charge >= 0.3 is 12.3 Å². The largest absolute Gasteiger partial charge is 0.465 e. The molecule has 0 bridgehead atoms. The Morgan fingerprint density at radius 2 is 1.93 bits per heavy atom. The highest BCUT2D eigenvalue weighted by Crippen LogP contribution is 2.34. The van der Waals surface area contributed by atoms with Gasteiger partial charge in [-0.3, -0.25) is 0 Å². The zero-order valence-electron chi connectivity index (χ0n) is 15.4. The molecule has 1 aliphatic heterocycles. The van der Waals surface area contributed by atoms with Crippen LogP contribution < -0.4 is 15.0 Å². The number of nitrogens with zero attached hydrogens (tertiary/aromatic N) is 3. The van der Waals surface area contributed by atoms with Crippen LogP contribution in [0.4, 0.5) is 32.7 Å². The standard InChI is InChI=1S/C18H17F5N4O3/c19-11-2-1-3-12(8-11)30-14-9-13(18(21,22)23)25-15(26-14)27-6-4-17(20,5-7-27)10-24-16(28)29/h1-3,8-9,24H,4-7,10H2,(H,28,29). The Morgan fingerprint density at radius 3 is 2.53 bits per heavy atom. The van der Waals surface area contributed by atoms with Gasteiger partial charge in [0.05, 0.1) is 6.54 Å². The van der Waals surface area contributed by atoms with Gasteiger partial charge in [0.1, 0.15) is 17.2 Å². The smallest absolute Gasteiger partial charge is 0.433 e. The lowest BCUT2D eigenvalue weighted by Gasteiger charge is -2.36. The second-order valence-corrected chi connectivity index (χ2v) is 6.75. The third-order valence-corrected chi connectivity index (χ3v) is 4.50. The van der Waals surface area contributed by atoms with Gasteiger partial charge in [-0.1, -0.05) is 6.07 Å². The summed E-state index contributed by atoms with van der Waals surface area (Å²) in [6.45, 7) is -0.482. The highest BCUT2D eigenvalue weighted by molar-refractivity contribution is 5.64. The lowest BCUT2D eigenvalue weighted by molar-refractivity contribution is -0.141. The van der Waals surface area contributed by atoms with E-state index in [2.05, 4.69) is 9.97 Å². The minimum absolute atomic E-state index is 0.0293. The van der Waals surface area contributed by atoms with Gasteiger partial charge in [-0.15, -0.1) is 0 Å². The molecule has 0 aliphatic carbocycles. The molecule has 0 atom stereocenters. The summed E-state index contributed by atoms with van der Waals surface area (Å²) in [5.41, 5.74) is -3.08. The van der Waals surface area contributed by atoms with E-state index in [1.54, 1.807) is 0 Å². The number of halogens is 5. The summed E-state index contributed by atoms with van der Waals surface area (Å²) >= 11 is 0. The highest BCUT2D eigenvalue weighted by Gasteiger charge is 2.38. The number of hydrogen-bond acceptors (Lipinski definition) is 5. The van der Waals surface area contributed by atoms with Crippen LogP contribution in [0, 0.1) is 5.82 Å². The number of ether oxygens (including phenoxy) is 1. The lowest BCUT2D eigenvalue weighted by Crippen LogP contribution is -2.48. The van der Waals surface area contributed by atoms with Crippen molar-refractivity contribution in [3.63, 3.8) is 0 Å². The van der Waals surface area contributed by atoms with E-state index in [0.717, 1.165) is 12.1 Å². The fourth-order valence-corrected chi connectivity index (χ4v) is 2.92. The number of benzene rings is 1. The van der Waals surface area contributed by atoms with Crippen molar-refractivity contribution < 1.29 is 36.6 Å². The Bertz CT molecular complexity index is 917. The van der Waals surface area contributed by atoms with Crippen molar-refractivity contribution in [2.24, 2.45) is 0 Å². The number of amides is 1. The lowest BCUT2D eigenvalue weighted by atomic mass is 9.93. The first-order chi connectivity index (χ1) is 14.0. The van der Waals surface area contributed by atoms with E-state index in [0.29, 0.717) is 6.07 Å². The Labute approximate surface area is 167 Å². The molecular weight excluding hydrogens is 415 g/mol. The predicted molar refractivity (Wildman–Crippen MR) is 94.8 cm³/mol. The van der Waals surface area contributed by atoms with Gasteiger partial charge in [-0.2, -0.15) is 18.2 Å². The monoisotopic (exact) mass is 432 g/mol. The van der Waals surface area contributed by atoms with Crippen molar-refractivity contribution >= 4 is 12.0 Å².